The van der Waals surface area contributed by atoms with Crippen molar-refractivity contribution in [2.24, 2.45) is 17.8 Å². The Kier molecular flexibility index (Phi) is 4.31. The Bertz CT molecular complexity index is 435. The van der Waals surface area contributed by atoms with Crippen molar-refractivity contribution < 1.29 is 5.11 Å². The first-order chi connectivity index (χ1) is 10.8. The van der Waals surface area contributed by atoms with Gasteiger partial charge in [-0.05, 0) is 63.3 Å². The van der Waals surface area contributed by atoms with E-state index in [1.165, 1.54) is 45.1 Å². The lowest BCUT2D eigenvalue weighted by Crippen LogP contribution is -2.59. The van der Waals surface area contributed by atoms with E-state index in [0.717, 1.165) is 36.9 Å². The van der Waals surface area contributed by atoms with Crippen LogP contribution in [0, 0.1) is 17.8 Å². The second kappa shape index (κ2) is 6.26. The quantitative estimate of drug-likeness (QED) is 0.770. The predicted molar refractivity (Wildman–Crippen MR) is 89.7 cm³/mol. The van der Waals surface area contributed by atoms with E-state index in [-0.39, 0.29) is 0 Å². The highest BCUT2D eigenvalue weighted by Gasteiger charge is 2.51. The first kappa shape index (κ1) is 15.2. The lowest BCUT2D eigenvalue weighted by atomic mass is 9.71. The average Bonchev–Trinajstić information content (AvgIpc) is 2.93. The Morgan fingerprint density at radius 1 is 1.23 bits per heavy atom. The number of rotatable bonds is 2. The van der Waals surface area contributed by atoms with E-state index >= 15 is 0 Å². The molecular formula is C19H32N2O. The van der Waals surface area contributed by atoms with Crippen molar-refractivity contribution in [2.75, 3.05) is 19.7 Å². The molecule has 0 aromatic heterocycles. The van der Waals surface area contributed by atoms with E-state index in [1.807, 2.05) is 0 Å². The number of hydrogen-bond acceptors (Lipinski definition) is 3. The summed E-state index contributed by atoms with van der Waals surface area (Å²) in [5, 5.41) is 13.5. The first-order valence-corrected chi connectivity index (χ1v) is 9.58. The Hall–Kier alpha value is -0.380. The van der Waals surface area contributed by atoms with Crippen molar-refractivity contribution >= 4 is 0 Å². The highest BCUT2D eigenvalue weighted by atomic mass is 16.3. The summed E-state index contributed by atoms with van der Waals surface area (Å²) in [7, 11) is 0. The van der Waals surface area contributed by atoms with Gasteiger partial charge in [0.2, 0.25) is 0 Å². The maximum Gasteiger partial charge on any atom is 0.0436 e. The van der Waals surface area contributed by atoms with Gasteiger partial charge in [0.05, 0.1) is 0 Å². The monoisotopic (exact) mass is 304 g/mol. The Morgan fingerprint density at radius 3 is 2.91 bits per heavy atom. The zero-order chi connectivity index (χ0) is 15.1. The maximum atomic E-state index is 9.43. The van der Waals surface area contributed by atoms with Gasteiger partial charge in [0.15, 0.2) is 0 Å². The number of hydrogen-bond donors (Lipinski definition) is 2. The highest BCUT2D eigenvalue weighted by Crippen LogP contribution is 2.46. The van der Waals surface area contributed by atoms with Crippen LogP contribution in [0.5, 0.6) is 0 Å². The van der Waals surface area contributed by atoms with Gasteiger partial charge in [-0.25, -0.2) is 0 Å². The zero-order valence-corrected chi connectivity index (χ0v) is 14.0. The molecule has 22 heavy (non-hydrogen) atoms. The average molecular weight is 304 g/mol. The molecule has 4 fully saturated rings. The van der Waals surface area contributed by atoms with Crippen LogP contribution in [0.15, 0.2) is 11.6 Å². The molecule has 4 aliphatic rings. The van der Waals surface area contributed by atoms with Crippen LogP contribution in [0.3, 0.4) is 0 Å². The SMILES string of the molecule is CC=C1CN2CCC3C4CCCCC4NC3C2CC1CCO. The Labute approximate surface area is 135 Å². The molecule has 0 bridgehead atoms. The van der Waals surface area contributed by atoms with Gasteiger partial charge < -0.3 is 10.4 Å². The van der Waals surface area contributed by atoms with Gasteiger partial charge in [0.25, 0.3) is 0 Å². The van der Waals surface area contributed by atoms with Gasteiger partial charge in [0.1, 0.15) is 0 Å². The summed E-state index contributed by atoms with van der Waals surface area (Å²) in [6.45, 7) is 4.95. The molecule has 0 aromatic rings. The molecule has 0 amide bonds. The molecule has 0 spiro atoms. The zero-order valence-electron chi connectivity index (χ0n) is 14.0. The summed E-state index contributed by atoms with van der Waals surface area (Å²) in [4.78, 5) is 2.74. The van der Waals surface area contributed by atoms with Crippen LogP contribution >= 0.6 is 0 Å². The van der Waals surface area contributed by atoms with Crippen LogP contribution in [-0.4, -0.2) is 47.8 Å². The van der Waals surface area contributed by atoms with Gasteiger partial charge in [-0.15, -0.1) is 0 Å². The molecule has 124 valence electrons. The third-order valence-corrected chi connectivity index (χ3v) is 7.15. The predicted octanol–water partition coefficient (Wildman–Crippen LogP) is 2.56. The second-order valence-electron chi connectivity index (χ2n) is 8.05. The van der Waals surface area contributed by atoms with Crippen LogP contribution in [0.25, 0.3) is 0 Å². The van der Waals surface area contributed by atoms with Crippen LogP contribution in [0.4, 0.5) is 0 Å². The normalized spacial score (nSPS) is 47.1. The summed E-state index contributed by atoms with van der Waals surface area (Å²) in [5.74, 6) is 2.49. The minimum absolute atomic E-state index is 0.335. The third-order valence-electron chi connectivity index (χ3n) is 7.15. The molecular weight excluding hydrogens is 272 g/mol. The summed E-state index contributed by atoms with van der Waals surface area (Å²) in [5.41, 5.74) is 1.57. The molecule has 6 atom stereocenters. The van der Waals surface area contributed by atoms with Gasteiger partial charge in [-0.1, -0.05) is 24.5 Å². The minimum Gasteiger partial charge on any atom is -0.396 e. The number of nitrogens with one attached hydrogen (secondary N) is 1. The standard InChI is InChI=1S/C19H32N2O/c1-2-13-12-21-9-7-16-15-5-3-4-6-17(15)20-19(16)18(21)11-14(13)8-10-22/h2,14-20,22H,3-12H2,1H3. The van der Waals surface area contributed by atoms with E-state index in [4.69, 9.17) is 0 Å². The Morgan fingerprint density at radius 2 is 2.09 bits per heavy atom. The summed E-state index contributed by atoms with van der Waals surface area (Å²) < 4.78 is 0. The molecule has 1 aliphatic carbocycles. The molecule has 3 heteroatoms. The van der Waals surface area contributed by atoms with Crippen LogP contribution in [0.2, 0.25) is 0 Å². The topological polar surface area (TPSA) is 35.5 Å². The molecule has 3 nitrogen and oxygen atoms in total. The van der Waals surface area contributed by atoms with E-state index in [9.17, 15) is 5.11 Å². The largest absolute Gasteiger partial charge is 0.396 e. The molecule has 3 heterocycles. The molecule has 1 saturated carbocycles. The van der Waals surface area contributed by atoms with Crippen molar-refractivity contribution in [3.63, 3.8) is 0 Å². The number of piperidine rings is 2. The minimum atomic E-state index is 0.335. The first-order valence-electron chi connectivity index (χ1n) is 9.58. The molecule has 2 N–H and O–H groups in total. The number of aliphatic hydroxyl groups excluding tert-OH is 1. The van der Waals surface area contributed by atoms with Crippen LogP contribution in [0.1, 0.15) is 51.9 Å². The summed E-state index contributed by atoms with van der Waals surface area (Å²) in [6.07, 6.45) is 11.7. The lowest BCUT2D eigenvalue weighted by molar-refractivity contribution is 0.0486. The van der Waals surface area contributed by atoms with Gasteiger partial charge >= 0.3 is 0 Å². The van der Waals surface area contributed by atoms with E-state index in [0.29, 0.717) is 18.6 Å². The maximum absolute atomic E-state index is 9.43. The van der Waals surface area contributed by atoms with E-state index in [2.05, 4.69) is 23.2 Å². The fourth-order valence-electron chi connectivity index (χ4n) is 6.10. The number of fused-ring (bicyclic) bond motifs is 5. The molecule has 4 rings (SSSR count). The molecule has 3 aliphatic heterocycles. The van der Waals surface area contributed by atoms with E-state index < -0.39 is 0 Å². The highest BCUT2D eigenvalue weighted by molar-refractivity contribution is 5.17. The van der Waals surface area contributed by atoms with E-state index in [1.54, 1.807) is 5.57 Å². The van der Waals surface area contributed by atoms with Gasteiger partial charge in [0, 0.05) is 31.3 Å². The fraction of sp³-hybridized carbons (Fsp3) is 0.895. The third kappa shape index (κ3) is 2.46. The van der Waals surface area contributed by atoms with Crippen LogP contribution in [-0.2, 0) is 0 Å². The lowest BCUT2D eigenvalue weighted by Gasteiger charge is -2.49. The molecule has 0 radical (unpaired) electrons. The molecule has 6 unspecified atom stereocenters. The van der Waals surface area contributed by atoms with Gasteiger partial charge in [-0.2, -0.15) is 0 Å². The number of allylic oxidation sites excluding steroid dienone is 1. The van der Waals surface area contributed by atoms with Crippen molar-refractivity contribution in [3.05, 3.63) is 11.6 Å². The fourth-order valence-corrected chi connectivity index (χ4v) is 6.10. The number of nitrogens with zero attached hydrogens (tertiary/aromatic N) is 1. The summed E-state index contributed by atoms with van der Waals surface area (Å²) in [6, 6.07) is 2.24. The molecule has 3 saturated heterocycles. The molecule has 0 aromatic carbocycles. The van der Waals surface area contributed by atoms with Crippen molar-refractivity contribution in [1.82, 2.24) is 10.2 Å². The van der Waals surface area contributed by atoms with Crippen molar-refractivity contribution in [3.8, 4) is 0 Å². The van der Waals surface area contributed by atoms with Gasteiger partial charge in [-0.3, -0.25) is 4.90 Å². The second-order valence-corrected chi connectivity index (χ2v) is 8.05. The Balaban J connectivity index is 1.53. The van der Waals surface area contributed by atoms with Crippen molar-refractivity contribution in [2.45, 2.75) is 70.0 Å². The number of aliphatic hydroxyl groups is 1. The van der Waals surface area contributed by atoms with Crippen molar-refractivity contribution in [1.29, 1.82) is 0 Å². The summed E-state index contributed by atoms with van der Waals surface area (Å²) >= 11 is 0. The smallest absolute Gasteiger partial charge is 0.0436 e. The van der Waals surface area contributed by atoms with Crippen LogP contribution < -0.4 is 5.32 Å².